The molecule has 1 heterocycles. The van der Waals surface area contributed by atoms with Gasteiger partial charge in [0.1, 0.15) is 0 Å². The average Bonchev–Trinajstić information content (AvgIpc) is 2.20. The number of hydrogen-bond acceptors (Lipinski definition) is 3. The van der Waals surface area contributed by atoms with Gasteiger partial charge in [-0.2, -0.15) is 5.26 Å². The fraction of sp³-hybridized carbons (Fsp3) is 0.333. The normalized spacial score (nSPS) is 11.0. The summed E-state index contributed by atoms with van der Waals surface area (Å²) >= 11 is 5.42. The summed E-state index contributed by atoms with van der Waals surface area (Å²) in [6, 6.07) is 2.79. The number of ether oxygens (including phenoxy) is 1. The van der Waals surface area contributed by atoms with E-state index in [1.807, 2.05) is 4.98 Å². The number of nitrogens with zero attached hydrogens (tertiary/aromatic N) is 1. The van der Waals surface area contributed by atoms with Crippen LogP contribution in [0, 0.1) is 11.3 Å². The molecule has 4 nitrogen and oxygen atoms in total. The molecule has 92 valence electrons. The van der Waals surface area contributed by atoms with Crippen molar-refractivity contribution in [2.75, 3.05) is 0 Å². The number of nitriles is 1. The lowest BCUT2D eigenvalue weighted by molar-refractivity contribution is -0.276. The number of halogens is 4. The predicted molar refractivity (Wildman–Crippen MR) is 52.6 cm³/mol. The zero-order valence-corrected chi connectivity index (χ0v) is 9.02. The first kappa shape index (κ1) is 13.4. The summed E-state index contributed by atoms with van der Waals surface area (Å²) in [5, 5.41) is 8.46. The molecule has 0 unspecified atom stereocenters. The number of aromatic nitrogens is 1. The van der Waals surface area contributed by atoms with Crippen LogP contribution in [0.5, 0.6) is 5.88 Å². The van der Waals surface area contributed by atoms with Gasteiger partial charge >= 0.3 is 6.36 Å². The number of nitrogens with one attached hydrogen (secondary N) is 1. The van der Waals surface area contributed by atoms with E-state index in [-0.39, 0.29) is 23.4 Å². The molecule has 1 aromatic rings. The van der Waals surface area contributed by atoms with Crippen LogP contribution in [0.4, 0.5) is 13.2 Å². The Morgan fingerprint density at radius 3 is 2.59 bits per heavy atom. The molecule has 0 amide bonds. The zero-order valence-electron chi connectivity index (χ0n) is 8.27. The van der Waals surface area contributed by atoms with Crippen molar-refractivity contribution in [2.45, 2.75) is 18.7 Å². The Labute approximate surface area is 98.6 Å². The molecule has 1 N–H and O–H groups in total. The number of H-pyrrole nitrogens is 1. The molecule has 0 aromatic carbocycles. The minimum atomic E-state index is -4.93. The molecule has 0 aliphatic heterocycles. The van der Waals surface area contributed by atoms with Crippen molar-refractivity contribution in [1.29, 1.82) is 5.26 Å². The molecule has 0 aliphatic carbocycles. The first-order chi connectivity index (χ1) is 7.87. The Kier molecular flexibility index (Phi) is 4.02. The molecular weight excluding hydrogens is 261 g/mol. The highest BCUT2D eigenvalue weighted by Gasteiger charge is 2.32. The van der Waals surface area contributed by atoms with Crippen LogP contribution in [0.1, 0.15) is 11.1 Å². The molecule has 0 spiro atoms. The number of rotatable bonds is 3. The molecule has 0 radical (unpaired) electrons. The average molecular weight is 267 g/mol. The van der Waals surface area contributed by atoms with E-state index in [0.29, 0.717) is 0 Å². The molecule has 0 aliphatic rings. The molecular formula is C9H6ClF3N2O2. The van der Waals surface area contributed by atoms with Crippen LogP contribution < -0.4 is 10.3 Å². The summed E-state index contributed by atoms with van der Waals surface area (Å²) in [7, 11) is 0. The van der Waals surface area contributed by atoms with Crippen molar-refractivity contribution in [3.63, 3.8) is 0 Å². The van der Waals surface area contributed by atoms with Crippen LogP contribution in [-0.2, 0) is 12.3 Å². The van der Waals surface area contributed by atoms with Gasteiger partial charge in [0.05, 0.1) is 18.4 Å². The molecule has 1 rings (SSSR count). The van der Waals surface area contributed by atoms with Crippen molar-refractivity contribution >= 4 is 11.6 Å². The quantitative estimate of drug-likeness (QED) is 0.852. The van der Waals surface area contributed by atoms with Crippen LogP contribution in [0.2, 0.25) is 0 Å². The van der Waals surface area contributed by atoms with Gasteiger partial charge in [0.2, 0.25) is 5.88 Å². The number of alkyl halides is 4. The van der Waals surface area contributed by atoms with Crippen molar-refractivity contribution in [3.8, 4) is 11.9 Å². The van der Waals surface area contributed by atoms with E-state index in [9.17, 15) is 18.0 Å². The lowest BCUT2D eigenvalue weighted by Crippen LogP contribution is -2.22. The molecule has 1 aromatic heterocycles. The van der Waals surface area contributed by atoms with E-state index < -0.39 is 17.8 Å². The number of hydrogen-bond donors (Lipinski definition) is 1. The maximum atomic E-state index is 12.0. The fourth-order valence-electron chi connectivity index (χ4n) is 1.13. The SMILES string of the molecule is N#CCc1cc(CCl)c(=O)[nH]c1OC(F)(F)F. The second kappa shape index (κ2) is 5.10. The molecule has 0 atom stereocenters. The lowest BCUT2D eigenvalue weighted by atomic mass is 10.1. The first-order valence-corrected chi connectivity index (χ1v) is 4.84. The monoisotopic (exact) mass is 266 g/mol. The summed E-state index contributed by atoms with van der Waals surface area (Å²) in [6.07, 6.45) is -5.26. The maximum absolute atomic E-state index is 12.0. The minimum Gasteiger partial charge on any atom is -0.389 e. The molecule has 0 fully saturated rings. The van der Waals surface area contributed by atoms with Gasteiger partial charge in [0, 0.05) is 11.1 Å². The van der Waals surface area contributed by atoms with Crippen molar-refractivity contribution in [3.05, 3.63) is 27.5 Å². The van der Waals surface area contributed by atoms with E-state index in [2.05, 4.69) is 4.74 Å². The highest BCUT2D eigenvalue weighted by Crippen LogP contribution is 2.24. The van der Waals surface area contributed by atoms with Crippen molar-refractivity contribution in [2.24, 2.45) is 0 Å². The van der Waals surface area contributed by atoms with E-state index in [4.69, 9.17) is 16.9 Å². The van der Waals surface area contributed by atoms with Crippen LogP contribution in [0.15, 0.2) is 10.9 Å². The zero-order chi connectivity index (χ0) is 13.1. The predicted octanol–water partition coefficient (Wildman–Crippen LogP) is 2.08. The summed E-state index contributed by atoms with van der Waals surface area (Å²) < 4.78 is 39.7. The summed E-state index contributed by atoms with van der Waals surface area (Å²) in [4.78, 5) is 13.1. The fourth-order valence-corrected chi connectivity index (χ4v) is 1.33. The highest BCUT2D eigenvalue weighted by atomic mass is 35.5. The van der Waals surface area contributed by atoms with E-state index in [0.717, 1.165) is 6.07 Å². The van der Waals surface area contributed by atoms with E-state index in [1.54, 1.807) is 6.07 Å². The third kappa shape index (κ3) is 3.67. The third-order valence-electron chi connectivity index (χ3n) is 1.79. The van der Waals surface area contributed by atoms with Crippen molar-refractivity contribution in [1.82, 2.24) is 4.98 Å². The Hall–Kier alpha value is -1.68. The van der Waals surface area contributed by atoms with E-state index >= 15 is 0 Å². The lowest BCUT2D eigenvalue weighted by Gasteiger charge is -2.11. The van der Waals surface area contributed by atoms with Crippen molar-refractivity contribution < 1.29 is 17.9 Å². The second-order valence-corrected chi connectivity index (χ2v) is 3.26. The number of aromatic amines is 1. The third-order valence-corrected chi connectivity index (χ3v) is 2.08. The second-order valence-electron chi connectivity index (χ2n) is 2.99. The first-order valence-electron chi connectivity index (χ1n) is 4.31. The van der Waals surface area contributed by atoms with Gasteiger partial charge in [-0.15, -0.1) is 24.8 Å². The van der Waals surface area contributed by atoms with Gasteiger partial charge in [-0.05, 0) is 6.07 Å². The summed E-state index contributed by atoms with van der Waals surface area (Å²) in [5.74, 6) is -0.946. The number of pyridine rings is 1. The molecule has 8 heteroatoms. The van der Waals surface area contributed by atoms with Gasteiger partial charge in [-0.25, -0.2) is 0 Å². The topological polar surface area (TPSA) is 65.9 Å². The largest absolute Gasteiger partial charge is 0.574 e. The van der Waals surface area contributed by atoms with Crippen LogP contribution in [0.25, 0.3) is 0 Å². The molecule has 0 bridgehead atoms. The molecule has 17 heavy (non-hydrogen) atoms. The summed E-state index contributed by atoms with van der Waals surface area (Å²) in [5.41, 5.74) is -0.771. The van der Waals surface area contributed by atoms with Crippen LogP contribution in [0.3, 0.4) is 0 Å². The smallest absolute Gasteiger partial charge is 0.389 e. The molecule has 0 saturated heterocycles. The maximum Gasteiger partial charge on any atom is 0.574 e. The molecule has 0 saturated carbocycles. The van der Waals surface area contributed by atoms with Gasteiger partial charge in [-0.3, -0.25) is 9.78 Å². The van der Waals surface area contributed by atoms with Gasteiger partial charge in [-0.1, -0.05) is 0 Å². The Bertz CT molecular complexity index is 504. The van der Waals surface area contributed by atoms with Gasteiger partial charge in [0.25, 0.3) is 5.56 Å². The van der Waals surface area contributed by atoms with Gasteiger partial charge < -0.3 is 4.74 Å². The Balaban J connectivity index is 3.24. The standard InChI is InChI=1S/C9H6ClF3N2O2/c10-4-6-3-5(1-2-14)8(15-7(6)16)17-9(11,12)13/h3H,1,4H2,(H,15,16). The van der Waals surface area contributed by atoms with E-state index in [1.165, 1.54) is 0 Å². The van der Waals surface area contributed by atoms with Gasteiger partial charge in [0.15, 0.2) is 0 Å². The minimum absolute atomic E-state index is 0.0694. The Morgan fingerprint density at radius 2 is 2.12 bits per heavy atom. The Morgan fingerprint density at radius 1 is 1.47 bits per heavy atom. The summed E-state index contributed by atoms with van der Waals surface area (Å²) in [6.45, 7) is 0. The van der Waals surface area contributed by atoms with Crippen LogP contribution in [-0.4, -0.2) is 11.3 Å². The van der Waals surface area contributed by atoms with Crippen LogP contribution >= 0.6 is 11.6 Å². The highest BCUT2D eigenvalue weighted by molar-refractivity contribution is 6.17.